The minimum absolute atomic E-state index is 0.309. The number of rotatable bonds is 2. The van der Waals surface area contributed by atoms with Gasteiger partial charge in [-0.1, -0.05) is 6.92 Å². The summed E-state index contributed by atoms with van der Waals surface area (Å²) in [5, 5.41) is 6.20. The number of anilines is 1. The minimum Gasteiger partial charge on any atom is -0.365 e. The van der Waals surface area contributed by atoms with Crippen molar-refractivity contribution in [1.29, 1.82) is 0 Å². The van der Waals surface area contributed by atoms with E-state index in [-0.39, 0.29) is 11.6 Å². The summed E-state index contributed by atoms with van der Waals surface area (Å²) in [5.74, 6) is -0.152. The molecule has 1 aromatic rings. The zero-order valence-electron chi connectivity index (χ0n) is 13.0. The lowest BCUT2D eigenvalue weighted by molar-refractivity contribution is 0.1000. The van der Waals surface area contributed by atoms with Gasteiger partial charge < -0.3 is 11.1 Å². The Balaban J connectivity index is 2.32. The zero-order chi connectivity index (χ0) is 15.8. The number of nitrogens with two attached hydrogens (primary N) is 1. The van der Waals surface area contributed by atoms with Crippen LogP contribution in [0.4, 0.5) is 9.80 Å². The van der Waals surface area contributed by atoms with Crippen molar-refractivity contribution in [2.24, 2.45) is 5.73 Å². The fourth-order valence-corrected chi connectivity index (χ4v) is 4.08. The third kappa shape index (κ3) is 3.56. The molecule has 0 aliphatic heterocycles. The lowest BCUT2D eigenvalue weighted by atomic mass is 9.86. The average molecular weight is 309 g/mol. The summed E-state index contributed by atoms with van der Waals surface area (Å²) in [4.78, 5) is 25.0. The highest BCUT2D eigenvalue weighted by molar-refractivity contribution is 7.17. The van der Waals surface area contributed by atoms with E-state index in [0.717, 1.165) is 24.8 Å². The van der Waals surface area contributed by atoms with Gasteiger partial charge in [-0.15, -0.1) is 11.3 Å². The maximum absolute atomic E-state index is 12.0. The second kappa shape index (κ2) is 5.67. The third-order valence-electron chi connectivity index (χ3n) is 3.52. The number of amides is 3. The number of nitrogens with one attached hydrogen (secondary N) is 2. The van der Waals surface area contributed by atoms with Crippen LogP contribution in [0.15, 0.2) is 0 Å². The summed E-state index contributed by atoms with van der Waals surface area (Å²) in [6, 6.07) is -0.309. The van der Waals surface area contributed by atoms with E-state index in [4.69, 9.17) is 5.73 Å². The second-order valence-corrected chi connectivity index (χ2v) is 7.73. The molecule has 116 valence electrons. The molecular weight excluding hydrogens is 286 g/mol. The van der Waals surface area contributed by atoms with Gasteiger partial charge in [-0.2, -0.15) is 0 Å². The smallest absolute Gasteiger partial charge is 0.320 e. The molecule has 0 fully saturated rings. The van der Waals surface area contributed by atoms with E-state index in [0.29, 0.717) is 16.5 Å². The molecule has 21 heavy (non-hydrogen) atoms. The molecule has 1 heterocycles. The summed E-state index contributed by atoms with van der Waals surface area (Å²) in [5.41, 5.74) is 6.74. The van der Waals surface area contributed by atoms with Crippen molar-refractivity contribution < 1.29 is 9.59 Å². The maximum Gasteiger partial charge on any atom is 0.320 e. The van der Waals surface area contributed by atoms with E-state index in [2.05, 4.69) is 17.6 Å². The molecule has 0 bridgehead atoms. The molecule has 1 aliphatic rings. The van der Waals surface area contributed by atoms with E-state index in [1.54, 1.807) is 0 Å². The maximum atomic E-state index is 12.0. The first-order valence-corrected chi connectivity index (χ1v) is 8.05. The quantitative estimate of drug-likeness (QED) is 0.783. The highest BCUT2D eigenvalue weighted by atomic mass is 32.1. The van der Waals surface area contributed by atoms with Crippen molar-refractivity contribution in [3.8, 4) is 0 Å². The van der Waals surface area contributed by atoms with Crippen LogP contribution in [-0.4, -0.2) is 17.5 Å². The fourth-order valence-electron chi connectivity index (χ4n) is 2.72. The van der Waals surface area contributed by atoms with E-state index >= 15 is 0 Å². The van der Waals surface area contributed by atoms with Crippen molar-refractivity contribution in [2.75, 3.05) is 5.32 Å². The Morgan fingerprint density at radius 2 is 2.00 bits per heavy atom. The van der Waals surface area contributed by atoms with Crippen molar-refractivity contribution in [3.05, 3.63) is 16.0 Å². The van der Waals surface area contributed by atoms with Crippen molar-refractivity contribution in [2.45, 2.75) is 58.4 Å². The van der Waals surface area contributed by atoms with Gasteiger partial charge in [0.15, 0.2) is 0 Å². The SMILES string of the molecule is CC1CCCc2sc(NC(=O)NC(C)(C)C)c(C(N)=O)c21. The monoisotopic (exact) mass is 309 g/mol. The topological polar surface area (TPSA) is 84.2 Å². The molecule has 6 heteroatoms. The Bertz CT molecular complexity index is 572. The van der Waals surface area contributed by atoms with Gasteiger partial charge in [-0.05, 0) is 51.5 Å². The Labute approximate surface area is 129 Å². The average Bonchev–Trinajstić information content (AvgIpc) is 2.65. The van der Waals surface area contributed by atoms with Gasteiger partial charge in [0, 0.05) is 10.4 Å². The molecule has 2 rings (SSSR count). The molecule has 1 unspecified atom stereocenters. The number of carbonyl (C=O) groups is 2. The van der Waals surface area contributed by atoms with E-state index in [1.807, 2.05) is 20.8 Å². The standard InChI is InChI=1S/C15H23N3O2S/c1-8-6-5-7-9-10(8)11(12(16)19)13(21-9)17-14(20)18-15(2,3)4/h8H,5-7H2,1-4H3,(H2,16,19)(H2,17,18,20). The molecule has 0 saturated carbocycles. The predicted molar refractivity (Wildman–Crippen MR) is 86.1 cm³/mol. The third-order valence-corrected chi connectivity index (χ3v) is 4.70. The summed E-state index contributed by atoms with van der Waals surface area (Å²) in [6.45, 7) is 7.82. The minimum atomic E-state index is -0.465. The van der Waals surface area contributed by atoms with Crippen LogP contribution in [0.5, 0.6) is 0 Å². The molecule has 1 aliphatic carbocycles. The summed E-state index contributed by atoms with van der Waals surface area (Å²) >= 11 is 1.48. The molecule has 0 aromatic carbocycles. The van der Waals surface area contributed by atoms with Crippen molar-refractivity contribution >= 4 is 28.3 Å². The highest BCUT2D eigenvalue weighted by Gasteiger charge is 2.29. The first-order chi connectivity index (χ1) is 9.69. The molecule has 0 saturated heterocycles. The summed E-state index contributed by atoms with van der Waals surface area (Å²) < 4.78 is 0. The zero-order valence-corrected chi connectivity index (χ0v) is 13.8. The van der Waals surface area contributed by atoms with Crippen molar-refractivity contribution in [1.82, 2.24) is 5.32 Å². The normalized spacial score (nSPS) is 18.0. The Hall–Kier alpha value is -1.56. The number of primary amides is 1. The van der Waals surface area contributed by atoms with E-state index in [1.165, 1.54) is 16.2 Å². The van der Waals surface area contributed by atoms with Crippen LogP contribution in [0.2, 0.25) is 0 Å². The summed E-state index contributed by atoms with van der Waals surface area (Å²) in [7, 11) is 0. The summed E-state index contributed by atoms with van der Waals surface area (Å²) in [6.07, 6.45) is 3.12. The second-order valence-electron chi connectivity index (χ2n) is 6.63. The van der Waals surface area contributed by atoms with Gasteiger partial charge in [0.2, 0.25) is 0 Å². The first-order valence-electron chi connectivity index (χ1n) is 7.23. The molecule has 3 amide bonds. The van der Waals surface area contributed by atoms with Crippen LogP contribution in [0.1, 0.15) is 67.3 Å². The van der Waals surface area contributed by atoms with Gasteiger partial charge in [0.25, 0.3) is 5.91 Å². The van der Waals surface area contributed by atoms with Gasteiger partial charge in [0.05, 0.1) is 5.56 Å². The Morgan fingerprint density at radius 1 is 1.33 bits per heavy atom. The molecule has 1 atom stereocenters. The number of carbonyl (C=O) groups excluding carboxylic acids is 2. The molecule has 0 radical (unpaired) electrons. The lowest BCUT2D eigenvalue weighted by Gasteiger charge is -2.21. The van der Waals surface area contributed by atoms with Crippen molar-refractivity contribution in [3.63, 3.8) is 0 Å². The van der Waals surface area contributed by atoms with Crippen LogP contribution >= 0.6 is 11.3 Å². The van der Waals surface area contributed by atoms with Gasteiger partial charge >= 0.3 is 6.03 Å². The van der Waals surface area contributed by atoms with E-state index < -0.39 is 5.91 Å². The van der Waals surface area contributed by atoms with Gasteiger partial charge in [-0.3, -0.25) is 10.1 Å². The molecular formula is C15H23N3O2S. The highest BCUT2D eigenvalue weighted by Crippen LogP contribution is 2.43. The van der Waals surface area contributed by atoms with Crippen LogP contribution < -0.4 is 16.4 Å². The largest absolute Gasteiger partial charge is 0.365 e. The van der Waals surface area contributed by atoms with Crippen LogP contribution in [0, 0.1) is 0 Å². The number of aryl methyl sites for hydroxylation is 1. The van der Waals surface area contributed by atoms with Crippen LogP contribution in [0.3, 0.4) is 0 Å². The van der Waals surface area contributed by atoms with Gasteiger partial charge in [-0.25, -0.2) is 4.79 Å². The first kappa shape index (κ1) is 15.8. The molecule has 5 nitrogen and oxygen atoms in total. The number of thiophene rings is 1. The Kier molecular flexibility index (Phi) is 4.27. The number of urea groups is 1. The Morgan fingerprint density at radius 3 is 2.57 bits per heavy atom. The van der Waals surface area contributed by atoms with Gasteiger partial charge in [0.1, 0.15) is 5.00 Å². The molecule has 0 spiro atoms. The number of fused-ring (bicyclic) bond motifs is 1. The number of hydrogen-bond acceptors (Lipinski definition) is 3. The van der Waals surface area contributed by atoms with Crippen LogP contribution in [-0.2, 0) is 6.42 Å². The number of hydrogen-bond donors (Lipinski definition) is 3. The fraction of sp³-hybridized carbons (Fsp3) is 0.600. The van der Waals surface area contributed by atoms with E-state index in [9.17, 15) is 9.59 Å². The predicted octanol–water partition coefficient (Wildman–Crippen LogP) is 3.21. The lowest BCUT2D eigenvalue weighted by Crippen LogP contribution is -2.43. The van der Waals surface area contributed by atoms with Crippen LogP contribution in [0.25, 0.3) is 0 Å². The molecule has 1 aromatic heterocycles. The molecule has 4 N–H and O–H groups in total.